The Kier molecular flexibility index (Phi) is 3.75. The van der Waals surface area contributed by atoms with Crippen LogP contribution >= 0.6 is 11.6 Å². The van der Waals surface area contributed by atoms with Gasteiger partial charge < -0.3 is 0 Å². The Hall–Kier alpha value is -0.540. The van der Waals surface area contributed by atoms with Gasteiger partial charge in [-0.1, -0.05) is 0 Å². The van der Waals surface area contributed by atoms with Gasteiger partial charge in [-0.2, -0.15) is 5.10 Å². The molecule has 0 aromatic carbocycles. The maximum atomic E-state index is 5.75. The second kappa shape index (κ2) is 4.63. The summed E-state index contributed by atoms with van der Waals surface area (Å²) in [5, 5.41) is 4.30. The SMILES string of the molecule is CC(CCl)N(C)Cc1ccn(C)n1. The molecule has 0 radical (unpaired) electrons. The van der Waals surface area contributed by atoms with Crippen molar-refractivity contribution in [2.45, 2.75) is 19.5 Å². The maximum absolute atomic E-state index is 5.75. The van der Waals surface area contributed by atoms with E-state index in [0.29, 0.717) is 11.9 Å². The lowest BCUT2D eigenvalue weighted by atomic mass is 10.3. The molecule has 0 spiro atoms. The fourth-order valence-electron chi connectivity index (χ4n) is 1.08. The van der Waals surface area contributed by atoms with Crippen LogP contribution < -0.4 is 0 Å². The lowest BCUT2D eigenvalue weighted by molar-refractivity contribution is 0.264. The van der Waals surface area contributed by atoms with Crippen molar-refractivity contribution in [2.75, 3.05) is 12.9 Å². The molecule has 1 heterocycles. The van der Waals surface area contributed by atoms with E-state index in [1.54, 1.807) is 0 Å². The highest BCUT2D eigenvalue weighted by atomic mass is 35.5. The number of aryl methyl sites for hydroxylation is 1. The fourth-order valence-corrected chi connectivity index (χ4v) is 1.31. The van der Waals surface area contributed by atoms with E-state index >= 15 is 0 Å². The number of nitrogens with zero attached hydrogens (tertiary/aromatic N) is 3. The summed E-state index contributed by atoms with van der Waals surface area (Å²) in [6.45, 7) is 2.96. The zero-order chi connectivity index (χ0) is 9.84. The summed E-state index contributed by atoms with van der Waals surface area (Å²) < 4.78 is 1.81. The molecule has 0 amide bonds. The van der Waals surface area contributed by atoms with Crippen molar-refractivity contribution >= 4 is 11.6 Å². The van der Waals surface area contributed by atoms with Crippen LogP contribution in [0.1, 0.15) is 12.6 Å². The normalized spacial score (nSPS) is 13.6. The molecule has 0 bridgehead atoms. The zero-order valence-corrected chi connectivity index (χ0v) is 9.12. The van der Waals surface area contributed by atoms with Crippen LogP contribution in [-0.4, -0.2) is 33.6 Å². The van der Waals surface area contributed by atoms with E-state index in [4.69, 9.17) is 11.6 Å². The molecule has 74 valence electrons. The van der Waals surface area contributed by atoms with E-state index in [-0.39, 0.29) is 0 Å². The summed E-state index contributed by atoms with van der Waals surface area (Å²) in [6, 6.07) is 2.42. The van der Waals surface area contributed by atoms with E-state index in [0.717, 1.165) is 12.2 Å². The van der Waals surface area contributed by atoms with Crippen LogP contribution in [0.25, 0.3) is 0 Å². The van der Waals surface area contributed by atoms with Gasteiger partial charge in [0.2, 0.25) is 0 Å². The van der Waals surface area contributed by atoms with Crippen molar-refractivity contribution in [1.29, 1.82) is 0 Å². The third-order valence-electron chi connectivity index (χ3n) is 2.16. The average Bonchev–Trinajstić information content (AvgIpc) is 2.49. The summed E-state index contributed by atoms with van der Waals surface area (Å²) in [5.74, 6) is 0.656. The third-order valence-corrected chi connectivity index (χ3v) is 2.60. The van der Waals surface area contributed by atoms with E-state index in [9.17, 15) is 0 Å². The Morgan fingerprint density at radius 1 is 1.69 bits per heavy atom. The van der Waals surface area contributed by atoms with Gasteiger partial charge in [0.05, 0.1) is 5.69 Å². The van der Waals surface area contributed by atoms with Crippen molar-refractivity contribution in [1.82, 2.24) is 14.7 Å². The molecule has 0 aliphatic carbocycles. The van der Waals surface area contributed by atoms with Crippen LogP contribution in [0.15, 0.2) is 12.3 Å². The minimum atomic E-state index is 0.392. The van der Waals surface area contributed by atoms with Crippen LogP contribution in [-0.2, 0) is 13.6 Å². The van der Waals surface area contributed by atoms with Crippen molar-refractivity contribution in [3.05, 3.63) is 18.0 Å². The van der Waals surface area contributed by atoms with Gasteiger partial charge in [-0.3, -0.25) is 9.58 Å². The maximum Gasteiger partial charge on any atom is 0.0764 e. The molecular weight excluding hydrogens is 186 g/mol. The molecule has 0 N–H and O–H groups in total. The first-order chi connectivity index (χ1) is 6.13. The minimum absolute atomic E-state index is 0.392. The van der Waals surface area contributed by atoms with Crippen LogP contribution in [0.3, 0.4) is 0 Å². The molecule has 0 fully saturated rings. The highest BCUT2D eigenvalue weighted by molar-refractivity contribution is 6.18. The summed E-state index contributed by atoms with van der Waals surface area (Å²) in [4.78, 5) is 2.19. The number of rotatable bonds is 4. The Labute approximate surface area is 84.3 Å². The van der Waals surface area contributed by atoms with Gasteiger partial charge in [0.1, 0.15) is 0 Å². The summed E-state index contributed by atoms with van der Waals surface area (Å²) >= 11 is 5.75. The standard InChI is InChI=1S/C9H16ClN3/c1-8(6-10)12(2)7-9-4-5-13(3)11-9/h4-5,8H,6-7H2,1-3H3. The van der Waals surface area contributed by atoms with Crippen LogP contribution in [0.5, 0.6) is 0 Å². The summed E-state index contributed by atoms with van der Waals surface area (Å²) in [5.41, 5.74) is 1.09. The Bertz CT molecular complexity index is 259. The first-order valence-electron chi connectivity index (χ1n) is 4.38. The van der Waals surface area contributed by atoms with Crippen molar-refractivity contribution in [2.24, 2.45) is 7.05 Å². The molecule has 0 aliphatic heterocycles. The second-order valence-electron chi connectivity index (χ2n) is 3.40. The van der Waals surface area contributed by atoms with E-state index < -0.39 is 0 Å². The second-order valence-corrected chi connectivity index (χ2v) is 3.71. The molecule has 3 nitrogen and oxygen atoms in total. The molecule has 1 rings (SSSR count). The van der Waals surface area contributed by atoms with Crippen molar-refractivity contribution in [3.8, 4) is 0 Å². The zero-order valence-electron chi connectivity index (χ0n) is 8.37. The van der Waals surface area contributed by atoms with Gasteiger partial charge >= 0.3 is 0 Å². The van der Waals surface area contributed by atoms with Gasteiger partial charge in [0, 0.05) is 31.7 Å². The quantitative estimate of drug-likeness (QED) is 0.689. The molecule has 1 atom stereocenters. The van der Waals surface area contributed by atoms with Crippen LogP contribution in [0.2, 0.25) is 0 Å². The number of aromatic nitrogens is 2. The molecule has 0 aliphatic rings. The largest absolute Gasteiger partial charge is 0.297 e. The van der Waals surface area contributed by atoms with Gasteiger partial charge in [0.15, 0.2) is 0 Å². The van der Waals surface area contributed by atoms with Gasteiger partial charge in [-0.05, 0) is 20.0 Å². The Balaban J connectivity index is 2.49. The predicted octanol–water partition coefficient (Wildman–Crippen LogP) is 1.48. The molecule has 1 unspecified atom stereocenters. The Morgan fingerprint density at radius 3 is 2.85 bits per heavy atom. The van der Waals surface area contributed by atoms with Gasteiger partial charge in [-0.15, -0.1) is 11.6 Å². The highest BCUT2D eigenvalue weighted by Gasteiger charge is 2.08. The average molecular weight is 202 g/mol. The number of hydrogen-bond donors (Lipinski definition) is 0. The monoisotopic (exact) mass is 201 g/mol. The highest BCUT2D eigenvalue weighted by Crippen LogP contribution is 2.04. The number of alkyl halides is 1. The van der Waals surface area contributed by atoms with Gasteiger partial charge in [0.25, 0.3) is 0 Å². The molecule has 4 heteroatoms. The lowest BCUT2D eigenvalue weighted by Gasteiger charge is -2.21. The smallest absolute Gasteiger partial charge is 0.0764 e. The first-order valence-corrected chi connectivity index (χ1v) is 4.91. The molecule has 13 heavy (non-hydrogen) atoms. The topological polar surface area (TPSA) is 21.1 Å². The lowest BCUT2D eigenvalue weighted by Crippen LogP contribution is -2.30. The van der Waals surface area contributed by atoms with E-state index in [1.165, 1.54) is 0 Å². The van der Waals surface area contributed by atoms with Crippen molar-refractivity contribution < 1.29 is 0 Å². The van der Waals surface area contributed by atoms with E-state index in [1.807, 2.05) is 24.0 Å². The van der Waals surface area contributed by atoms with Crippen LogP contribution in [0, 0.1) is 0 Å². The third kappa shape index (κ3) is 3.01. The summed E-state index contributed by atoms with van der Waals surface area (Å²) in [6.07, 6.45) is 1.95. The van der Waals surface area contributed by atoms with Gasteiger partial charge in [-0.25, -0.2) is 0 Å². The number of halogens is 1. The summed E-state index contributed by atoms with van der Waals surface area (Å²) in [7, 11) is 3.98. The Morgan fingerprint density at radius 2 is 2.38 bits per heavy atom. The molecule has 1 aromatic rings. The fraction of sp³-hybridized carbons (Fsp3) is 0.667. The number of hydrogen-bond acceptors (Lipinski definition) is 2. The first kappa shape index (κ1) is 10.5. The molecular formula is C9H16ClN3. The van der Waals surface area contributed by atoms with Crippen molar-refractivity contribution in [3.63, 3.8) is 0 Å². The van der Waals surface area contributed by atoms with Crippen LogP contribution in [0.4, 0.5) is 0 Å². The molecule has 0 saturated carbocycles. The predicted molar refractivity (Wildman–Crippen MR) is 54.9 cm³/mol. The molecule has 0 saturated heterocycles. The molecule has 1 aromatic heterocycles. The van der Waals surface area contributed by atoms with E-state index in [2.05, 4.69) is 24.0 Å². The minimum Gasteiger partial charge on any atom is -0.297 e.